The van der Waals surface area contributed by atoms with Crippen LogP contribution >= 0.6 is 11.3 Å². The largest absolute Gasteiger partial charge is 0.352 e. The van der Waals surface area contributed by atoms with Gasteiger partial charge in [0.2, 0.25) is 0 Å². The first-order chi connectivity index (χ1) is 12.1. The molecule has 3 rings (SSSR count). The molecule has 7 heteroatoms. The maximum Gasteiger partial charge on any atom is 0.252 e. The average molecular weight is 357 g/mol. The standard InChI is InChI=1S/C18H23N5OS/c1-12(2)23-17-14(11-21-23)13(18(24)20-8-4-3-7-19)10-15(22-17)16-6-5-9-25-16/h5-6,9-12H,3-4,7-8,19H2,1-2H3,(H,20,24). The molecule has 0 bridgehead atoms. The van der Waals surface area contributed by atoms with Crippen LogP contribution in [0.3, 0.4) is 0 Å². The molecule has 3 aromatic heterocycles. The fraction of sp³-hybridized carbons (Fsp3) is 0.389. The van der Waals surface area contributed by atoms with Crippen molar-refractivity contribution in [3.05, 3.63) is 35.3 Å². The van der Waals surface area contributed by atoms with Gasteiger partial charge in [-0.2, -0.15) is 5.10 Å². The first-order valence-corrected chi connectivity index (χ1v) is 9.40. The molecule has 0 fully saturated rings. The van der Waals surface area contributed by atoms with Crippen molar-refractivity contribution in [2.24, 2.45) is 5.73 Å². The van der Waals surface area contributed by atoms with E-state index >= 15 is 0 Å². The highest BCUT2D eigenvalue weighted by Crippen LogP contribution is 2.28. The third kappa shape index (κ3) is 3.72. The zero-order valence-corrected chi connectivity index (χ0v) is 15.3. The molecule has 0 aliphatic rings. The number of aromatic nitrogens is 3. The summed E-state index contributed by atoms with van der Waals surface area (Å²) in [5, 5.41) is 10.2. The van der Waals surface area contributed by atoms with Gasteiger partial charge in [0.15, 0.2) is 5.65 Å². The van der Waals surface area contributed by atoms with Gasteiger partial charge in [-0.3, -0.25) is 4.79 Å². The fourth-order valence-corrected chi connectivity index (χ4v) is 3.39. The third-order valence-electron chi connectivity index (χ3n) is 3.99. The molecule has 132 valence electrons. The molecule has 0 spiro atoms. The van der Waals surface area contributed by atoms with Gasteiger partial charge >= 0.3 is 0 Å². The number of carbonyl (C=O) groups is 1. The van der Waals surface area contributed by atoms with Gasteiger partial charge in [-0.15, -0.1) is 11.3 Å². The highest BCUT2D eigenvalue weighted by molar-refractivity contribution is 7.13. The molecule has 0 saturated heterocycles. The number of hydrogen-bond acceptors (Lipinski definition) is 5. The summed E-state index contributed by atoms with van der Waals surface area (Å²) < 4.78 is 1.86. The highest BCUT2D eigenvalue weighted by atomic mass is 32.1. The Balaban J connectivity index is 2.02. The van der Waals surface area contributed by atoms with Crippen LogP contribution in [0.4, 0.5) is 0 Å². The van der Waals surface area contributed by atoms with Crippen molar-refractivity contribution >= 4 is 28.3 Å². The minimum atomic E-state index is -0.0921. The van der Waals surface area contributed by atoms with Gasteiger partial charge in [-0.05, 0) is 50.7 Å². The molecular formula is C18H23N5OS. The summed E-state index contributed by atoms with van der Waals surface area (Å²) in [4.78, 5) is 18.5. The summed E-state index contributed by atoms with van der Waals surface area (Å²) >= 11 is 1.61. The molecular weight excluding hydrogens is 334 g/mol. The Kier molecular flexibility index (Phi) is 5.45. The molecule has 3 heterocycles. The monoisotopic (exact) mass is 357 g/mol. The van der Waals surface area contributed by atoms with Gasteiger partial charge in [-0.1, -0.05) is 6.07 Å². The Bertz CT molecular complexity index is 854. The van der Waals surface area contributed by atoms with Crippen LogP contribution in [0.25, 0.3) is 21.6 Å². The van der Waals surface area contributed by atoms with Crippen LogP contribution in [0.1, 0.15) is 43.1 Å². The van der Waals surface area contributed by atoms with Gasteiger partial charge < -0.3 is 11.1 Å². The number of rotatable bonds is 7. The number of nitrogens with one attached hydrogen (secondary N) is 1. The van der Waals surface area contributed by atoms with E-state index in [1.807, 2.05) is 28.3 Å². The lowest BCUT2D eigenvalue weighted by molar-refractivity contribution is 0.0954. The molecule has 0 aliphatic heterocycles. The fourth-order valence-electron chi connectivity index (χ4n) is 2.70. The Morgan fingerprint density at radius 2 is 2.24 bits per heavy atom. The van der Waals surface area contributed by atoms with E-state index < -0.39 is 0 Å². The Labute approximate surface area is 151 Å². The second kappa shape index (κ2) is 7.76. The van der Waals surface area contributed by atoms with Crippen LogP contribution in [0.2, 0.25) is 0 Å². The topological polar surface area (TPSA) is 85.8 Å². The third-order valence-corrected chi connectivity index (χ3v) is 4.88. The molecule has 0 radical (unpaired) electrons. The minimum absolute atomic E-state index is 0.0921. The number of thiophene rings is 1. The first kappa shape index (κ1) is 17.6. The molecule has 1 amide bonds. The summed E-state index contributed by atoms with van der Waals surface area (Å²) in [6, 6.07) is 6.03. The van der Waals surface area contributed by atoms with Crippen LogP contribution in [-0.2, 0) is 0 Å². The summed E-state index contributed by atoms with van der Waals surface area (Å²) in [6.07, 6.45) is 3.51. The van der Waals surface area contributed by atoms with Crippen molar-refractivity contribution in [1.82, 2.24) is 20.1 Å². The van der Waals surface area contributed by atoms with Gasteiger partial charge in [-0.25, -0.2) is 9.67 Å². The van der Waals surface area contributed by atoms with E-state index in [1.54, 1.807) is 17.5 Å². The lowest BCUT2D eigenvalue weighted by Gasteiger charge is -2.10. The minimum Gasteiger partial charge on any atom is -0.352 e. The Hall–Kier alpha value is -2.25. The summed E-state index contributed by atoms with van der Waals surface area (Å²) in [5.41, 5.74) is 7.67. The van der Waals surface area contributed by atoms with Crippen LogP contribution in [0.5, 0.6) is 0 Å². The van der Waals surface area contributed by atoms with E-state index in [0.29, 0.717) is 18.7 Å². The van der Waals surface area contributed by atoms with Crippen molar-refractivity contribution in [3.63, 3.8) is 0 Å². The lowest BCUT2D eigenvalue weighted by Crippen LogP contribution is -2.25. The SMILES string of the molecule is CC(C)n1ncc2c(C(=O)NCCCCN)cc(-c3cccs3)nc21. The molecule has 0 unspecified atom stereocenters. The molecule has 25 heavy (non-hydrogen) atoms. The molecule has 0 aromatic carbocycles. The van der Waals surface area contributed by atoms with E-state index in [0.717, 1.165) is 34.4 Å². The van der Waals surface area contributed by atoms with E-state index in [9.17, 15) is 4.79 Å². The van der Waals surface area contributed by atoms with Crippen LogP contribution in [0, 0.1) is 0 Å². The number of amides is 1. The predicted molar refractivity (Wildman–Crippen MR) is 102 cm³/mol. The van der Waals surface area contributed by atoms with Crippen molar-refractivity contribution in [2.75, 3.05) is 13.1 Å². The van der Waals surface area contributed by atoms with Crippen LogP contribution in [-0.4, -0.2) is 33.8 Å². The normalized spacial score (nSPS) is 11.4. The smallest absolute Gasteiger partial charge is 0.252 e. The molecule has 3 aromatic rings. The van der Waals surface area contributed by atoms with Crippen molar-refractivity contribution in [2.45, 2.75) is 32.7 Å². The maximum absolute atomic E-state index is 12.7. The molecule has 0 saturated carbocycles. The van der Waals surface area contributed by atoms with Crippen molar-refractivity contribution in [1.29, 1.82) is 0 Å². The predicted octanol–water partition coefficient (Wildman–Crippen LogP) is 3.21. The van der Waals surface area contributed by atoms with E-state index in [-0.39, 0.29) is 11.9 Å². The second-order valence-corrected chi connectivity index (χ2v) is 7.15. The number of hydrogen-bond donors (Lipinski definition) is 2. The van der Waals surface area contributed by atoms with Crippen LogP contribution < -0.4 is 11.1 Å². The first-order valence-electron chi connectivity index (χ1n) is 8.52. The molecule has 6 nitrogen and oxygen atoms in total. The van der Waals surface area contributed by atoms with Crippen molar-refractivity contribution < 1.29 is 4.79 Å². The molecule has 0 aliphatic carbocycles. The Morgan fingerprint density at radius 3 is 2.92 bits per heavy atom. The van der Waals surface area contributed by atoms with Gasteiger partial charge in [0.1, 0.15) is 0 Å². The zero-order valence-electron chi connectivity index (χ0n) is 14.5. The quantitative estimate of drug-likeness (QED) is 0.636. The van der Waals surface area contributed by atoms with Gasteiger partial charge in [0.25, 0.3) is 5.91 Å². The summed E-state index contributed by atoms with van der Waals surface area (Å²) in [7, 11) is 0. The number of nitrogens with two attached hydrogens (primary N) is 1. The zero-order chi connectivity index (χ0) is 17.8. The Morgan fingerprint density at radius 1 is 1.40 bits per heavy atom. The maximum atomic E-state index is 12.7. The lowest BCUT2D eigenvalue weighted by atomic mass is 10.1. The van der Waals surface area contributed by atoms with E-state index in [2.05, 4.69) is 24.3 Å². The summed E-state index contributed by atoms with van der Waals surface area (Å²) in [6.45, 7) is 5.36. The number of nitrogens with zero attached hydrogens (tertiary/aromatic N) is 3. The van der Waals surface area contributed by atoms with Gasteiger partial charge in [0.05, 0.1) is 27.7 Å². The molecule has 3 N–H and O–H groups in total. The molecule has 0 atom stereocenters. The average Bonchev–Trinajstić information content (AvgIpc) is 3.26. The van der Waals surface area contributed by atoms with E-state index in [4.69, 9.17) is 10.7 Å². The second-order valence-electron chi connectivity index (χ2n) is 6.20. The van der Waals surface area contributed by atoms with Crippen LogP contribution in [0.15, 0.2) is 29.8 Å². The van der Waals surface area contributed by atoms with Gasteiger partial charge in [0, 0.05) is 12.6 Å². The number of carbonyl (C=O) groups excluding carboxylic acids is 1. The van der Waals surface area contributed by atoms with Crippen molar-refractivity contribution in [3.8, 4) is 10.6 Å². The number of unbranched alkanes of at least 4 members (excludes halogenated alkanes) is 1. The summed E-state index contributed by atoms with van der Waals surface area (Å²) in [5.74, 6) is -0.0921. The number of pyridine rings is 1. The number of fused-ring (bicyclic) bond motifs is 1. The highest BCUT2D eigenvalue weighted by Gasteiger charge is 2.18. The van der Waals surface area contributed by atoms with E-state index in [1.165, 1.54) is 0 Å².